The highest BCUT2D eigenvalue weighted by Crippen LogP contribution is 2.23. The van der Waals surface area contributed by atoms with E-state index in [1.807, 2.05) is 12.1 Å². The smallest absolute Gasteiger partial charge is 0.240 e. The maximum absolute atomic E-state index is 12.2. The average molecular weight is 401 g/mol. The minimum Gasteiger partial charge on any atom is -0.326 e. The predicted octanol–water partition coefficient (Wildman–Crippen LogP) is 2.29. The largest absolute Gasteiger partial charge is 0.326 e. The molecule has 0 bridgehead atoms. The van der Waals surface area contributed by atoms with Crippen LogP contribution in [0, 0.1) is 0 Å². The summed E-state index contributed by atoms with van der Waals surface area (Å²) >= 11 is 0. The normalized spacial score (nSPS) is 14.3. The Morgan fingerprint density at radius 3 is 2.32 bits per heavy atom. The lowest BCUT2D eigenvalue weighted by molar-refractivity contribution is -0.117. The molecule has 148 valence electrons. The number of nitrogens with zero attached hydrogens (tertiary/aromatic N) is 1. The van der Waals surface area contributed by atoms with Gasteiger partial charge < -0.3 is 10.2 Å². The number of benzene rings is 2. The van der Waals surface area contributed by atoms with E-state index in [2.05, 4.69) is 10.0 Å². The molecule has 0 atom stereocenters. The molecule has 0 unspecified atom stereocenters. The van der Waals surface area contributed by atoms with Gasteiger partial charge in [-0.1, -0.05) is 12.1 Å². The average Bonchev–Trinajstić information content (AvgIpc) is 3.13. The highest BCUT2D eigenvalue weighted by molar-refractivity contribution is 7.89. The molecule has 1 aliphatic rings. The number of nitrogens with one attached hydrogen (secondary N) is 2. The topological polar surface area (TPSA) is 95.6 Å². The van der Waals surface area contributed by atoms with Gasteiger partial charge in [0.25, 0.3) is 0 Å². The summed E-state index contributed by atoms with van der Waals surface area (Å²) in [6.45, 7) is 0.735. The molecule has 1 fully saturated rings. The van der Waals surface area contributed by atoms with Gasteiger partial charge in [-0.15, -0.1) is 0 Å². The summed E-state index contributed by atoms with van der Waals surface area (Å²) in [6, 6.07) is 13.7. The molecule has 8 heteroatoms. The summed E-state index contributed by atoms with van der Waals surface area (Å²) in [5.74, 6) is 0.00208. The van der Waals surface area contributed by atoms with E-state index in [1.54, 1.807) is 29.2 Å². The van der Waals surface area contributed by atoms with Crippen LogP contribution in [0.5, 0.6) is 0 Å². The molecule has 2 aromatic rings. The molecular weight excluding hydrogens is 378 g/mol. The Morgan fingerprint density at radius 2 is 1.75 bits per heavy atom. The SMILES string of the molecule is CNS(=O)(=O)c1ccc(CCC(=O)Nc2ccc(N3CCCC3=O)cc2)cc1. The molecule has 0 aliphatic carbocycles. The first kappa shape index (κ1) is 20.0. The van der Waals surface area contributed by atoms with Crippen LogP contribution in [0.25, 0.3) is 0 Å². The summed E-state index contributed by atoms with van der Waals surface area (Å²) in [5, 5.41) is 2.84. The van der Waals surface area contributed by atoms with Crippen LogP contribution in [0.4, 0.5) is 11.4 Å². The molecule has 2 aromatic carbocycles. The second-order valence-corrected chi connectivity index (χ2v) is 8.48. The third-order valence-corrected chi connectivity index (χ3v) is 6.11. The Balaban J connectivity index is 1.52. The minimum absolute atomic E-state index is 0.128. The summed E-state index contributed by atoms with van der Waals surface area (Å²) in [6.07, 6.45) is 2.25. The predicted molar refractivity (Wildman–Crippen MR) is 108 cm³/mol. The van der Waals surface area contributed by atoms with Crippen LogP contribution in [-0.4, -0.2) is 33.8 Å². The third kappa shape index (κ3) is 4.76. The van der Waals surface area contributed by atoms with Crippen LogP contribution in [0.1, 0.15) is 24.8 Å². The standard InChI is InChI=1S/C20H23N3O4S/c1-21-28(26,27)18-11-4-15(5-12-18)6-13-19(24)22-16-7-9-17(10-8-16)23-14-2-3-20(23)25/h4-5,7-12,21H,2-3,6,13-14H2,1H3,(H,22,24). The number of sulfonamides is 1. The minimum atomic E-state index is -3.45. The maximum Gasteiger partial charge on any atom is 0.240 e. The molecule has 0 spiro atoms. The van der Waals surface area contributed by atoms with Crippen LogP contribution >= 0.6 is 0 Å². The number of hydrogen-bond acceptors (Lipinski definition) is 4. The van der Waals surface area contributed by atoms with Gasteiger partial charge in [0.15, 0.2) is 0 Å². The molecule has 1 saturated heterocycles. The second-order valence-electron chi connectivity index (χ2n) is 6.60. The molecule has 2 amide bonds. The zero-order chi connectivity index (χ0) is 20.1. The number of anilines is 2. The highest BCUT2D eigenvalue weighted by atomic mass is 32.2. The quantitative estimate of drug-likeness (QED) is 0.744. The summed E-state index contributed by atoms with van der Waals surface area (Å²) in [5.41, 5.74) is 2.40. The lowest BCUT2D eigenvalue weighted by Gasteiger charge is -2.16. The van der Waals surface area contributed by atoms with Crippen molar-refractivity contribution in [2.75, 3.05) is 23.8 Å². The van der Waals surface area contributed by atoms with Crippen LogP contribution < -0.4 is 14.9 Å². The molecule has 7 nitrogen and oxygen atoms in total. The number of carbonyl (C=O) groups is 2. The molecule has 1 heterocycles. The highest BCUT2D eigenvalue weighted by Gasteiger charge is 2.21. The molecule has 28 heavy (non-hydrogen) atoms. The van der Waals surface area contributed by atoms with Gasteiger partial charge in [0.1, 0.15) is 0 Å². The van der Waals surface area contributed by atoms with Crippen LogP contribution in [-0.2, 0) is 26.0 Å². The first-order chi connectivity index (χ1) is 13.4. The van der Waals surface area contributed by atoms with Gasteiger partial charge in [-0.3, -0.25) is 9.59 Å². The Labute approximate surface area is 164 Å². The van der Waals surface area contributed by atoms with Crippen molar-refractivity contribution in [1.82, 2.24) is 4.72 Å². The van der Waals surface area contributed by atoms with Crippen molar-refractivity contribution in [2.24, 2.45) is 0 Å². The molecule has 0 aromatic heterocycles. The number of hydrogen-bond donors (Lipinski definition) is 2. The van der Waals surface area contributed by atoms with Crippen LogP contribution in [0.2, 0.25) is 0 Å². The number of carbonyl (C=O) groups excluding carboxylic acids is 2. The van der Waals surface area contributed by atoms with E-state index in [0.717, 1.165) is 24.2 Å². The Kier molecular flexibility index (Phi) is 6.11. The van der Waals surface area contributed by atoms with Gasteiger partial charge in [0.05, 0.1) is 4.90 Å². The van der Waals surface area contributed by atoms with E-state index < -0.39 is 10.0 Å². The Hall–Kier alpha value is -2.71. The van der Waals surface area contributed by atoms with Gasteiger partial charge in [-0.05, 0) is 61.9 Å². The maximum atomic E-state index is 12.2. The van der Waals surface area contributed by atoms with Gasteiger partial charge in [-0.25, -0.2) is 13.1 Å². The van der Waals surface area contributed by atoms with E-state index >= 15 is 0 Å². The van der Waals surface area contributed by atoms with E-state index in [9.17, 15) is 18.0 Å². The van der Waals surface area contributed by atoms with Gasteiger partial charge >= 0.3 is 0 Å². The molecule has 3 rings (SSSR count). The molecule has 2 N–H and O–H groups in total. The Bertz CT molecular complexity index is 954. The number of amides is 2. The van der Waals surface area contributed by atoms with E-state index in [-0.39, 0.29) is 23.1 Å². The molecule has 0 saturated carbocycles. The van der Waals surface area contributed by atoms with E-state index in [4.69, 9.17) is 0 Å². The fourth-order valence-corrected chi connectivity index (χ4v) is 3.81. The third-order valence-electron chi connectivity index (χ3n) is 4.68. The van der Waals surface area contributed by atoms with Crippen LogP contribution in [0.3, 0.4) is 0 Å². The van der Waals surface area contributed by atoms with Gasteiger partial charge in [0.2, 0.25) is 21.8 Å². The lowest BCUT2D eigenvalue weighted by Crippen LogP contribution is -2.23. The van der Waals surface area contributed by atoms with Crippen molar-refractivity contribution in [1.29, 1.82) is 0 Å². The van der Waals surface area contributed by atoms with Crippen molar-refractivity contribution < 1.29 is 18.0 Å². The van der Waals surface area contributed by atoms with Crippen molar-refractivity contribution in [3.8, 4) is 0 Å². The molecule has 1 aliphatic heterocycles. The monoisotopic (exact) mass is 401 g/mol. The lowest BCUT2D eigenvalue weighted by atomic mass is 10.1. The van der Waals surface area contributed by atoms with Crippen LogP contribution in [0.15, 0.2) is 53.4 Å². The fourth-order valence-electron chi connectivity index (χ4n) is 3.08. The molecule has 0 radical (unpaired) electrons. The van der Waals surface area contributed by atoms with Gasteiger partial charge in [0, 0.05) is 30.8 Å². The van der Waals surface area contributed by atoms with Gasteiger partial charge in [-0.2, -0.15) is 0 Å². The van der Waals surface area contributed by atoms with Crippen molar-refractivity contribution in [3.63, 3.8) is 0 Å². The number of aryl methyl sites for hydroxylation is 1. The number of rotatable bonds is 7. The second kappa shape index (κ2) is 8.53. The summed E-state index contributed by atoms with van der Waals surface area (Å²) in [7, 11) is -2.09. The molecular formula is C20H23N3O4S. The zero-order valence-corrected chi connectivity index (χ0v) is 16.5. The van der Waals surface area contributed by atoms with Crippen molar-refractivity contribution in [3.05, 3.63) is 54.1 Å². The zero-order valence-electron chi connectivity index (χ0n) is 15.6. The summed E-state index contributed by atoms with van der Waals surface area (Å²) in [4.78, 5) is 25.9. The first-order valence-electron chi connectivity index (χ1n) is 9.12. The van der Waals surface area contributed by atoms with E-state index in [0.29, 0.717) is 18.5 Å². The van der Waals surface area contributed by atoms with Crippen molar-refractivity contribution >= 4 is 33.2 Å². The van der Waals surface area contributed by atoms with Crippen molar-refractivity contribution in [2.45, 2.75) is 30.6 Å². The summed E-state index contributed by atoms with van der Waals surface area (Å²) < 4.78 is 25.7. The van der Waals surface area contributed by atoms with E-state index in [1.165, 1.54) is 19.2 Å². The fraction of sp³-hybridized carbons (Fsp3) is 0.300. The first-order valence-corrected chi connectivity index (χ1v) is 10.6. The Morgan fingerprint density at radius 1 is 1.07 bits per heavy atom.